The van der Waals surface area contributed by atoms with Gasteiger partial charge in [-0.25, -0.2) is 0 Å². The Kier molecular flexibility index (Phi) is 4.50. The number of rotatable bonds is 4. The summed E-state index contributed by atoms with van der Waals surface area (Å²) in [5, 5.41) is 10.5. The highest BCUT2D eigenvalue weighted by atomic mass is 79.9. The van der Waals surface area contributed by atoms with Gasteiger partial charge in [0.1, 0.15) is 6.54 Å². The van der Waals surface area contributed by atoms with Crippen molar-refractivity contribution in [2.45, 2.75) is 6.54 Å². The Labute approximate surface area is 147 Å². The lowest BCUT2D eigenvalue weighted by atomic mass is 10.0. The van der Waals surface area contributed by atoms with Crippen LogP contribution in [0.3, 0.4) is 0 Å². The first-order valence-electron chi connectivity index (χ1n) is 7.32. The van der Waals surface area contributed by atoms with Gasteiger partial charge in [-0.2, -0.15) is 5.26 Å². The van der Waals surface area contributed by atoms with E-state index in [4.69, 9.17) is 5.73 Å². The minimum Gasteiger partial charge on any atom is -0.368 e. The van der Waals surface area contributed by atoms with Crippen LogP contribution in [-0.4, -0.2) is 10.5 Å². The van der Waals surface area contributed by atoms with Crippen LogP contribution in [0.25, 0.3) is 22.6 Å². The highest BCUT2D eigenvalue weighted by Crippen LogP contribution is 2.26. The summed E-state index contributed by atoms with van der Waals surface area (Å²) in [5.74, 6) is -0.403. The van der Waals surface area contributed by atoms with E-state index in [-0.39, 0.29) is 6.54 Å². The van der Waals surface area contributed by atoms with Crippen LogP contribution in [0.15, 0.2) is 59.2 Å². The standard InChI is InChI=1S/C19H14BrN3O/c20-16-7-5-13(6-8-16)14(10-21)9-15-11-23(12-19(22)24)18-4-2-1-3-17(15)18/h1-9,11H,12H2,(H2,22,24)/b14-9-. The summed E-state index contributed by atoms with van der Waals surface area (Å²) in [6.07, 6.45) is 3.69. The van der Waals surface area contributed by atoms with Gasteiger partial charge in [-0.05, 0) is 29.8 Å². The number of fused-ring (bicyclic) bond motifs is 1. The SMILES string of the molecule is N#C/C(=C/c1cn(CC(N)=O)c2ccccc12)c1ccc(Br)cc1. The number of halogens is 1. The molecule has 24 heavy (non-hydrogen) atoms. The van der Waals surface area contributed by atoms with Gasteiger partial charge in [0.15, 0.2) is 0 Å². The molecule has 4 nitrogen and oxygen atoms in total. The molecule has 0 bridgehead atoms. The number of hydrogen-bond acceptors (Lipinski definition) is 2. The van der Waals surface area contributed by atoms with Gasteiger partial charge in [-0.15, -0.1) is 0 Å². The van der Waals surface area contributed by atoms with Crippen molar-refractivity contribution in [3.8, 4) is 6.07 Å². The number of nitrogens with two attached hydrogens (primary N) is 1. The summed E-state index contributed by atoms with van der Waals surface area (Å²) in [6, 6.07) is 17.6. The van der Waals surface area contributed by atoms with E-state index in [9.17, 15) is 10.1 Å². The minimum absolute atomic E-state index is 0.106. The van der Waals surface area contributed by atoms with Crippen molar-refractivity contribution in [3.63, 3.8) is 0 Å². The zero-order chi connectivity index (χ0) is 17.1. The van der Waals surface area contributed by atoms with E-state index in [2.05, 4.69) is 22.0 Å². The monoisotopic (exact) mass is 379 g/mol. The lowest BCUT2D eigenvalue weighted by molar-refractivity contribution is -0.118. The summed E-state index contributed by atoms with van der Waals surface area (Å²) >= 11 is 3.39. The topological polar surface area (TPSA) is 71.8 Å². The van der Waals surface area contributed by atoms with Crippen molar-refractivity contribution in [1.82, 2.24) is 4.57 Å². The first-order valence-corrected chi connectivity index (χ1v) is 8.11. The molecule has 0 aliphatic heterocycles. The van der Waals surface area contributed by atoms with Crippen molar-refractivity contribution >= 4 is 44.4 Å². The second kappa shape index (κ2) is 6.73. The quantitative estimate of drug-likeness (QED) is 0.696. The molecule has 1 heterocycles. The predicted molar refractivity (Wildman–Crippen MR) is 98.8 cm³/mol. The van der Waals surface area contributed by atoms with E-state index in [0.717, 1.165) is 26.5 Å². The fraction of sp³-hybridized carbons (Fsp3) is 0.0526. The normalized spacial score (nSPS) is 11.4. The van der Waals surface area contributed by atoms with Crippen molar-refractivity contribution in [1.29, 1.82) is 5.26 Å². The number of nitriles is 1. The summed E-state index contributed by atoms with van der Waals surface area (Å²) < 4.78 is 2.77. The molecule has 0 atom stereocenters. The average Bonchev–Trinajstić information content (AvgIpc) is 2.91. The highest BCUT2D eigenvalue weighted by molar-refractivity contribution is 9.10. The second-order valence-electron chi connectivity index (χ2n) is 5.37. The molecular formula is C19H14BrN3O. The van der Waals surface area contributed by atoms with E-state index in [1.165, 1.54) is 0 Å². The Balaban J connectivity index is 2.13. The van der Waals surface area contributed by atoms with Gasteiger partial charge in [-0.3, -0.25) is 4.79 Å². The zero-order valence-electron chi connectivity index (χ0n) is 12.7. The predicted octanol–water partition coefficient (Wildman–Crippen LogP) is 3.95. The maximum atomic E-state index is 11.3. The van der Waals surface area contributed by atoms with E-state index >= 15 is 0 Å². The van der Waals surface area contributed by atoms with E-state index in [1.54, 1.807) is 4.57 Å². The van der Waals surface area contributed by atoms with E-state index in [1.807, 2.05) is 60.8 Å². The van der Waals surface area contributed by atoms with Crippen LogP contribution in [0.5, 0.6) is 0 Å². The number of carbonyl (C=O) groups is 1. The molecule has 0 saturated carbocycles. The molecule has 0 unspecified atom stereocenters. The molecule has 0 aliphatic carbocycles. The molecule has 5 heteroatoms. The molecule has 1 amide bonds. The molecule has 2 aromatic carbocycles. The first-order chi connectivity index (χ1) is 11.6. The van der Waals surface area contributed by atoms with Crippen molar-refractivity contribution in [2.24, 2.45) is 5.73 Å². The molecule has 0 aliphatic rings. The van der Waals surface area contributed by atoms with Crippen LogP contribution in [0, 0.1) is 11.3 Å². The van der Waals surface area contributed by atoms with Gasteiger partial charge < -0.3 is 10.3 Å². The van der Waals surface area contributed by atoms with Crippen molar-refractivity contribution in [2.75, 3.05) is 0 Å². The van der Waals surface area contributed by atoms with Crippen LogP contribution >= 0.6 is 15.9 Å². The number of allylic oxidation sites excluding steroid dienone is 1. The van der Waals surface area contributed by atoms with Gasteiger partial charge in [0.05, 0.1) is 11.6 Å². The number of aromatic nitrogens is 1. The number of hydrogen-bond donors (Lipinski definition) is 1. The Hall–Kier alpha value is -2.84. The van der Waals surface area contributed by atoms with Crippen LogP contribution in [0.4, 0.5) is 0 Å². The Morgan fingerprint density at radius 2 is 1.92 bits per heavy atom. The summed E-state index contributed by atoms with van der Waals surface area (Å²) in [6.45, 7) is 0.106. The maximum Gasteiger partial charge on any atom is 0.237 e. The van der Waals surface area contributed by atoms with E-state index < -0.39 is 5.91 Å². The van der Waals surface area contributed by atoms with Crippen LogP contribution in [0.1, 0.15) is 11.1 Å². The molecule has 0 saturated heterocycles. The molecule has 3 aromatic rings. The molecule has 118 valence electrons. The highest BCUT2D eigenvalue weighted by Gasteiger charge is 2.10. The number of amides is 1. The number of carbonyl (C=O) groups excluding carboxylic acids is 1. The third-order valence-electron chi connectivity index (χ3n) is 3.72. The number of para-hydroxylation sites is 1. The van der Waals surface area contributed by atoms with Gasteiger partial charge in [0.25, 0.3) is 0 Å². The van der Waals surface area contributed by atoms with Gasteiger partial charge in [0.2, 0.25) is 5.91 Å². The number of primary amides is 1. The number of benzene rings is 2. The molecule has 0 spiro atoms. The van der Waals surface area contributed by atoms with Gasteiger partial charge >= 0.3 is 0 Å². The average molecular weight is 380 g/mol. The second-order valence-corrected chi connectivity index (χ2v) is 6.29. The minimum atomic E-state index is -0.403. The van der Waals surface area contributed by atoms with Crippen LogP contribution in [-0.2, 0) is 11.3 Å². The first kappa shape index (κ1) is 16.0. The molecular weight excluding hydrogens is 366 g/mol. The fourth-order valence-corrected chi connectivity index (χ4v) is 2.92. The summed E-state index contributed by atoms with van der Waals surface area (Å²) in [4.78, 5) is 11.3. The Morgan fingerprint density at radius 3 is 2.58 bits per heavy atom. The summed E-state index contributed by atoms with van der Waals surface area (Å²) in [7, 11) is 0. The fourth-order valence-electron chi connectivity index (χ4n) is 2.65. The van der Waals surface area contributed by atoms with Crippen molar-refractivity contribution in [3.05, 3.63) is 70.3 Å². The lowest BCUT2D eigenvalue weighted by Gasteiger charge is -2.00. The molecule has 2 N–H and O–H groups in total. The smallest absolute Gasteiger partial charge is 0.237 e. The molecule has 1 aromatic heterocycles. The molecule has 0 fully saturated rings. The molecule has 0 radical (unpaired) electrons. The third-order valence-corrected chi connectivity index (χ3v) is 4.25. The van der Waals surface area contributed by atoms with Crippen LogP contribution < -0.4 is 5.73 Å². The van der Waals surface area contributed by atoms with Gasteiger partial charge in [-0.1, -0.05) is 46.3 Å². The maximum absolute atomic E-state index is 11.3. The van der Waals surface area contributed by atoms with Gasteiger partial charge in [0, 0.05) is 27.1 Å². The Morgan fingerprint density at radius 1 is 1.21 bits per heavy atom. The Bertz CT molecular complexity index is 978. The lowest BCUT2D eigenvalue weighted by Crippen LogP contribution is -2.17. The van der Waals surface area contributed by atoms with Crippen LogP contribution in [0.2, 0.25) is 0 Å². The van der Waals surface area contributed by atoms with Crippen molar-refractivity contribution < 1.29 is 4.79 Å². The van der Waals surface area contributed by atoms with E-state index in [0.29, 0.717) is 5.57 Å². The number of nitrogens with zero attached hydrogens (tertiary/aromatic N) is 2. The summed E-state index contributed by atoms with van der Waals surface area (Å²) in [5.41, 5.74) is 8.52. The molecule has 3 rings (SSSR count). The zero-order valence-corrected chi connectivity index (χ0v) is 14.3. The third kappa shape index (κ3) is 3.24. The largest absolute Gasteiger partial charge is 0.368 e.